The molecule has 0 atom stereocenters. The van der Waals surface area contributed by atoms with Crippen LogP contribution in [0.5, 0.6) is 0 Å². The Kier molecular flexibility index (Phi) is 10.6. The van der Waals surface area contributed by atoms with Crippen molar-refractivity contribution in [2.75, 3.05) is 0 Å². The minimum absolute atomic E-state index is 0.552. The highest BCUT2D eigenvalue weighted by Gasteiger charge is 1.86. The van der Waals surface area contributed by atoms with Crippen LogP contribution >= 0.6 is 0 Å². The first-order valence-corrected chi connectivity index (χ1v) is 6.05. The summed E-state index contributed by atoms with van der Waals surface area (Å²) in [5.74, 6) is 0. The van der Waals surface area contributed by atoms with Crippen LogP contribution in [0.3, 0.4) is 0 Å². The maximum atomic E-state index is 10.1. The van der Waals surface area contributed by atoms with Crippen molar-refractivity contribution in [3.8, 4) is 0 Å². The quantitative estimate of drug-likeness (QED) is 0.311. The highest BCUT2D eigenvalue weighted by Crippen LogP contribution is 2.06. The number of hydrogen-bond acceptors (Lipinski definition) is 1. The molecular weight excluding hydrogens is 184 g/mol. The first kappa shape index (κ1) is 14.2. The number of hydrogen-bond donors (Lipinski definition) is 0. The summed E-state index contributed by atoms with van der Waals surface area (Å²) in [7, 11) is 0. The van der Waals surface area contributed by atoms with Gasteiger partial charge in [-0.15, -0.1) is 0 Å². The van der Waals surface area contributed by atoms with Gasteiger partial charge in [-0.1, -0.05) is 50.0 Å². The predicted octanol–water partition coefficient (Wildman–Crippen LogP) is 4.44. The van der Waals surface area contributed by atoms with Crippen LogP contribution in [-0.2, 0) is 4.79 Å². The van der Waals surface area contributed by atoms with Crippen LogP contribution in [0.15, 0.2) is 23.8 Å². The molecule has 0 aliphatic rings. The lowest BCUT2D eigenvalue weighted by Gasteiger charge is -1.95. The Morgan fingerprint density at radius 3 is 2.60 bits per heavy atom. The van der Waals surface area contributed by atoms with Crippen molar-refractivity contribution in [1.29, 1.82) is 0 Å². The monoisotopic (exact) mass is 208 g/mol. The largest absolute Gasteiger partial charge is 0.303 e. The molecule has 0 amide bonds. The molecule has 0 spiro atoms. The van der Waals surface area contributed by atoms with Crippen molar-refractivity contribution in [3.05, 3.63) is 23.8 Å². The lowest BCUT2D eigenvalue weighted by molar-refractivity contribution is -0.107. The summed E-state index contributed by atoms with van der Waals surface area (Å²) in [5, 5.41) is 0. The summed E-state index contributed by atoms with van der Waals surface area (Å²) in [6.45, 7) is 4.31. The Morgan fingerprint density at radius 2 is 1.93 bits per heavy atom. The van der Waals surface area contributed by atoms with Gasteiger partial charge >= 0.3 is 0 Å². The van der Waals surface area contributed by atoms with E-state index >= 15 is 0 Å². The Bertz CT molecular complexity index is 201. The second kappa shape index (κ2) is 11.2. The zero-order chi connectivity index (χ0) is 11.4. The third kappa shape index (κ3) is 11.1. The second-order valence-corrected chi connectivity index (χ2v) is 3.98. The molecular formula is C14H24O. The standard InChI is InChI=1S/C14H24O/c1-3-4-5-6-7-8-9-11-14(2)12-10-13-15/h8-9,12-13H,3-7,10-11H2,1-2H3. The average molecular weight is 208 g/mol. The van der Waals surface area contributed by atoms with Gasteiger partial charge in [0.15, 0.2) is 0 Å². The van der Waals surface area contributed by atoms with Crippen molar-refractivity contribution in [3.63, 3.8) is 0 Å². The van der Waals surface area contributed by atoms with Crippen LogP contribution in [0, 0.1) is 0 Å². The summed E-state index contributed by atoms with van der Waals surface area (Å²) in [4.78, 5) is 10.1. The molecule has 0 aromatic carbocycles. The molecule has 0 aliphatic heterocycles. The van der Waals surface area contributed by atoms with E-state index in [1.165, 1.54) is 37.7 Å². The maximum Gasteiger partial charge on any atom is 0.123 e. The predicted molar refractivity (Wildman–Crippen MR) is 67.0 cm³/mol. The first-order chi connectivity index (χ1) is 7.31. The normalized spacial score (nSPS) is 12.3. The molecule has 0 aromatic rings. The van der Waals surface area contributed by atoms with Gasteiger partial charge in [0.25, 0.3) is 0 Å². The molecule has 0 fully saturated rings. The van der Waals surface area contributed by atoms with Gasteiger partial charge in [-0.25, -0.2) is 0 Å². The number of carbonyl (C=O) groups is 1. The number of rotatable bonds is 9. The van der Waals surface area contributed by atoms with Crippen molar-refractivity contribution in [2.45, 2.75) is 58.8 Å². The molecule has 15 heavy (non-hydrogen) atoms. The Labute approximate surface area is 94.3 Å². The summed E-state index contributed by atoms with van der Waals surface area (Å²) in [5.41, 5.74) is 1.28. The third-order valence-electron chi connectivity index (χ3n) is 2.39. The van der Waals surface area contributed by atoms with Crippen molar-refractivity contribution in [1.82, 2.24) is 0 Å². The van der Waals surface area contributed by atoms with E-state index in [1.807, 2.05) is 6.08 Å². The molecule has 0 heterocycles. The van der Waals surface area contributed by atoms with Gasteiger partial charge < -0.3 is 4.79 Å². The van der Waals surface area contributed by atoms with Crippen molar-refractivity contribution < 1.29 is 4.79 Å². The zero-order valence-corrected chi connectivity index (χ0v) is 10.2. The molecule has 0 unspecified atom stereocenters. The molecule has 0 N–H and O–H groups in total. The van der Waals surface area contributed by atoms with Gasteiger partial charge in [-0.05, 0) is 26.2 Å². The molecule has 0 saturated carbocycles. The van der Waals surface area contributed by atoms with E-state index in [1.54, 1.807) is 0 Å². The van der Waals surface area contributed by atoms with E-state index in [0.717, 1.165) is 12.7 Å². The molecule has 0 aromatic heterocycles. The molecule has 0 saturated heterocycles. The van der Waals surface area contributed by atoms with Gasteiger partial charge in [-0.3, -0.25) is 0 Å². The third-order valence-corrected chi connectivity index (χ3v) is 2.39. The summed E-state index contributed by atoms with van der Waals surface area (Å²) in [6.07, 6.45) is 15.5. The van der Waals surface area contributed by atoms with Gasteiger partial charge in [0.05, 0.1) is 0 Å². The Balaban J connectivity index is 3.40. The fraction of sp³-hybridized carbons (Fsp3) is 0.643. The lowest BCUT2D eigenvalue weighted by Crippen LogP contribution is -1.76. The van der Waals surface area contributed by atoms with Gasteiger partial charge in [0, 0.05) is 6.42 Å². The number of carbonyl (C=O) groups excluding carboxylic acids is 1. The fourth-order valence-corrected chi connectivity index (χ4v) is 1.41. The molecule has 1 nitrogen and oxygen atoms in total. The number of allylic oxidation sites excluding steroid dienone is 4. The van der Waals surface area contributed by atoms with E-state index < -0.39 is 0 Å². The van der Waals surface area contributed by atoms with Crippen LogP contribution in [0.25, 0.3) is 0 Å². The van der Waals surface area contributed by atoms with Crippen LogP contribution in [0.1, 0.15) is 58.8 Å². The van der Waals surface area contributed by atoms with Crippen molar-refractivity contribution >= 4 is 6.29 Å². The van der Waals surface area contributed by atoms with Crippen molar-refractivity contribution in [2.24, 2.45) is 0 Å². The minimum Gasteiger partial charge on any atom is -0.303 e. The van der Waals surface area contributed by atoms with E-state index in [0.29, 0.717) is 6.42 Å². The van der Waals surface area contributed by atoms with E-state index in [9.17, 15) is 4.79 Å². The molecule has 0 aliphatic carbocycles. The average Bonchev–Trinajstić information content (AvgIpc) is 2.25. The fourth-order valence-electron chi connectivity index (χ4n) is 1.41. The van der Waals surface area contributed by atoms with Crippen LogP contribution in [0.2, 0.25) is 0 Å². The van der Waals surface area contributed by atoms with Gasteiger partial charge in [0.1, 0.15) is 6.29 Å². The smallest absolute Gasteiger partial charge is 0.123 e. The lowest BCUT2D eigenvalue weighted by atomic mass is 10.1. The summed E-state index contributed by atoms with van der Waals surface area (Å²) < 4.78 is 0. The first-order valence-electron chi connectivity index (χ1n) is 6.05. The Morgan fingerprint density at radius 1 is 1.13 bits per heavy atom. The second-order valence-electron chi connectivity index (χ2n) is 3.98. The highest BCUT2D eigenvalue weighted by molar-refractivity contribution is 5.52. The number of unbranched alkanes of at least 4 members (excludes halogenated alkanes) is 4. The topological polar surface area (TPSA) is 17.1 Å². The maximum absolute atomic E-state index is 10.1. The molecule has 0 rings (SSSR count). The summed E-state index contributed by atoms with van der Waals surface area (Å²) in [6, 6.07) is 0. The van der Waals surface area contributed by atoms with Crippen LogP contribution in [0.4, 0.5) is 0 Å². The van der Waals surface area contributed by atoms with Crippen LogP contribution < -0.4 is 0 Å². The molecule has 86 valence electrons. The van der Waals surface area contributed by atoms with E-state index in [4.69, 9.17) is 0 Å². The SMILES string of the molecule is CCCCCCC=CCC(C)=CCC=O. The molecule has 1 heteroatoms. The highest BCUT2D eigenvalue weighted by atomic mass is 16.1. The summed E-state index contributed by atoms with van der Waals surface area (Å²) >= 11 is 0. The Hall–Kier alpha value is -0.850. The number of aldehydes is 1. The minimum atomic E-state index is 0.552. The van der Waals surface area contributed by atoms with Crippen LogP contribution in [-0.4, -0.2) is 6.29 Å². The van der Waals surface area contributed by atoms with Gasteiger partial charge in [0.2, 0.25) is 0 Å². The van der Waals surface area contributed by atoms with E-state index in [2.05, 4.69) is 26.0 Å². The molecule has 0 radical (unpaired) electrons. The van der Waals surface area contributed by atoms with E-state index in [-0.39, 0.29) is 0 Å². The zero-order valence-electron chi connectivity index (χ0n) is 10.2. The van der Waals surface area contributed by atoms with Gasteiger partial charge in [-0.2, -0.15) is 0 Å². The molecule has 0 bridgehead atoms.